The molecule has 1 aliphatic heterocycles. The van der Waals surface area contributed by atoms with Crippen LogP contribution in [0.15, 0.2) is 23.1 Å². The van der Waals surface area contributed by atoms with Crippen LogP contribution in [0.25, 0.3) is 0 Å². The van der Waals surface area contributed by atoms with Crippen LogP contribution >= 0.6 is 0 Å². The second-order valence-corrected chi connectivity index (χ2v) is 7.08. The van der Waals surface area contributed by atoms with Gasteiger partial charge in [-0.25, -0.2) is 8.42 Å². The molecule has 1 atom stereocenters. The molecule has 114 valence electrons. The van der Waals surface area contributed by atoms with E-state index < -0.39 is 10.0 Å². The van der Waals surface area contributed by atoms with Crippen molar-refractivity contribution in [2.45, 2.75) is 37.7 Å². The molecule has 0 radical (unpaired) electrons. The molecular weight excluding hydrogens is 288 g/mol. The molecule has 0 saturated carbocycles. The summed E-state index contributed by atoms with van der Waals surface area (Å²) in [6, 6.07) is 6.75. The average Bonchev–Trinajstić information content (AvgIpc) is 2.48. The molecule has 0 spiro atoms. The number of nitrogens with zero attached hydrogens (tertiary/aromatic N) is 2. The van der Waals surface area contributed by atoms with Crippen LogP contribution in [-0.2, 0) is 14.8 Å². The molecule has 0 amide bonds. The lowest BCUT2D eigenvalue weighted by molar-refractivity contribution is 0.0265. The van der Waals surface area contributed by atoms with Crippen molar-refractivity contribution in [2.24, 2.45) is 0 Å². The molecule has 1 aromatic rings. The van der Waals surface area contributed by atoms with E-state index in [0.29, 0.717) is 30.8 Å². The first-order chi connectivity index (χ1) is 9.98. The minimum Gasteiger partial charge on any atom is -0.377 e. The molecule has 0 aliphatic carbocycles. The van der Waals surface area contributed by atoms with Gasteiger partial charge < -0.3 is 4.74 Å². The molecule has 1 fully saturated rings. The number of nitriles is 1. The second kappa shape index (κ2) is 6.56. The molecule has 1 aliphatic rings. The number of benzene rings is 1. The van der Waals surface area contributed by atoms with E-state index in [4.69, 9.17) is 10.00 Å². The van der Waals surface area contributed by atoms with E-state index in [1.165, 1.54) is 10.4 Å². The minimum absolute atomic E-state index is 0.0435. The maximum Gasteiger partial charge on any atom is 0.243 e. The SMILES string of the molecule is CCOC1CCCN(S(=O)(=O)c2cc(C#N)ccc2C)C1. The topological polar surface area (TPSA) is 70.4 Å². The molecule has 1 heterocycles. The Hall–Kier alpha value is -1.42. The van der Waals surface area contributed by atoms with Crippen molar-refractivity contribution >= 4 is 10.0 Å². The summed E-state index contributed by atoms with van der Waals surface area (Å²) in [4.78, 5) is 0.221. The van der Waals surface area contributed by atoms with Crippen molar-refractivity contribution in [3.8, 4) is 6.07 Å². The van der Waals surface area contributed by atoms with Crippen LogP contribution in [-0.4, -0.2) is 38.5 Å². The molecule has 21 heavy (non-hydrogen) atoms. The van der Waals surface area contributed by atoms with Crippen LogP contribution in [0.1, 0.15) is 30.9 Å². The highest BCUT2D eigenvalue weighted by Crippen LogP contribution is 2.25. The lowest BCUT2D eigenvalue weighted by Gasteiger charge is -2.32. The Kier molecular flexibility index (Phi) is 4.99. The van der Waals surface area contributed by atoms with Gasteiger partial charge in [0, 0.05) is 19.7 Å². The molecule has 0 bridgehead atoms. The molecular formula is C15H20N2O3S. The van der Waals surface area contributed by atoms with Crippen LogP contribution < -0.4 is 0 Å². The van der Waals surface area contributed by atoms with E-state index in [1.54, 1.807) is 19.1 Å². The monoisotopic (exact) mass is 308 g/mol. The van der Waals surface area contributed by atoms with Crippen molar-refractivity contribution in [1.82, 2.24) is 4.31 Å². The summed E-state index contributed by atoms with van der Waals surface area (Å²) < 4.78 is 32.6. The molecule has 0 N–H and O–H groups in total. The molecule has 1 saturated heterocycles. The van der Waals surface area contributed by atoms with E-state index >= 15 is 0 Å². The van der Waals surface area contributed by atoms with Crippen molar-refractivity contribution in [3.63, 3.8) is 0 Å². The predicted molar refractivity (Wildman–Crippen MR) is 79.3 cm³/mol. The van der Waals surface area contributed by atoms with Gasteiger partial charge >= 0.3 is 0 Å². The predicted octanol–water partition coefficient (Wildman–Crippen LogP) is 2.06. The van der Waals surface area contributed by atoms with Crippen LogP contribution in [0.4, 0.5) is 0 Å². The van der Waals surface area contributed by atoms with Crippen LogP contribution in [0.5, 0.6) is 0 Å². The molecule has 1 aromatic carbocycles. The van der Waals surface area contributed by atoms with Gasteiger partial charge in [-0.15, -0.1) is 0 Å². The molecule has 6 heteroatoms. The minimum atomic E-state index is -3.57. The van der Waals surface area contributed by atoms with Crippen molar-refractivity contribution in [2.75, 3.05) is 19.7 Å². The van der Waals surface area contributed by atoms with Gasteiger partial charge in [0.25, 0.3) is 0 Å². The van der Waals surface area contributed by atoms with Crippen LogP contribution in [0, 0.1) is 18.3 Å². The summed E-state index contributed by atoms with van der Waals surface area (Å²) in [5, 5.41) is 8.96. The highest BCUT2D eigenvalue weighted by molar-refractivity contribution is 7.89. The fourth-order valence-electron chi connectivity index (χ4n) is 2.58. The van der Waals surface area contributed by atoms with Gasteiger partial charge in [-0.05, 0) is 44.4 Å². The number of aryl methyl sites for hydroxylation is 1. The third-order valence-electron chi connectivity index (χ3n) is 3.68. The summed E-state index contributed by atoms with van der Waals surface area (Å²) in [6.45, 7) is 5.13. The fraction of sp³-hybridized carbons (Fsp3) is 0.533. The van der Waals surface area contributed by atoms with E-state index in [2.05, 4.69) is 0 Å². The standard InChI is InChI=1S/C15H20N2O3S/c1-3-20-14-5-4-8-17(11-14)21(18,19)15-9-13(10-16)7-6-12(15)2/h6-7,9,14H,3-5,8,11H2,1-2H3. The van der Waals surface area contributed by atoms with Gasteiger partial charge in [-0.1, -0.05) is 6.07 Å². The maximum atomic E-state index is 12.8. The van der Waals surface area contributed by atoms with Gasteiger partial charge in [-0.2, -0.15) is 9.57 Å². The van der Waals surface area contributed by atoms with Gasteiger partial charge in [0.2, 0.25) is 10.0 Å². The summed E-state index contributed by atoms with van der Waals surface area (Å²) in [5.74, 6) is 0. The molecule has 2 rings (SSSR count). The van der Waals surface area contributed by atoms with Crippen molar-refractivity contribution in [1.29, 1.82) is 5.26 Å². The Morgan fingerprint density at radius 1 is 1.48 bits per heavy atom. The van der Waals surface area contributed by atoms with Gasteiger partial charge in [0.05, 0.1) is 22.6 Å². The molecule has 1 unspecified atom stereocenters. The van der Waals surface area contributed by atoms with Crippen LogP contribution in [0.2, 0.25) is 0 Å². The zero-order chi connectivity index (χ0) is 15.5. The highest BCUT2D eigenvalue weighted by atomic mass is 32.2. The first kappa shape index (κ1) is 16.0. The first-order valence-corrected chi connectivity index (χ1v) is 8.55. The molecule has 0 aromatic heterocycles. The quantitative estimate of drug-likeness (QED) is 0.853. The van der Waals surface area contributed by atoms with Crippen LogP contribution in [0.3, 0.4) is 0 Å². The molecule has 5 nitrogen and oxygen atoms in total. The Labute approximate surface area is 126 Å². The summed E-state index contributed by atoms with van der Waals surface area (Å²) >= 11 is 0. The third-order valence-corrected chi connectivity index (χ3v) is 5.69. The lowest BCUT2D eigenvalue weighted by Crippen LogP contribution is -2.43. The third kappa shape index (κ3) is 3.43. The van der Waals surface area contributed by atoms with Crippen molar-refractivity contribution in [3.05, 3.63) is 29.3 Å². The summed E-state index contributed by atoms with van der Waals surface area (Å²) in [5.41, 5.74) is 1.02. The largest absolute Gasteiger partial charge is 0.377 e. The van der Waals surface area contributed by atoms with E-state index in [9.17, 15) is 8.42 Å². The van der Waals surface area contributed by atoms with Gasteiger partial charge in [0.15, 0.2) is 0 Å². The lowest BCUT2D eigenvalue weighted by atomic mass is 10.1. The second-order valence-electron chi connectivity index (χ2n) is 5.17. The number of piperidine rings is 1. The highest BCUT2D eigenvalue weighted by Gasteiger charge is 2.31. The smallest absolute Gasteiger partial charge is 0.243 e. The zero-order valence-corrected chi connectivity index (χ0v) is 13.2. The van der Waals surface area contributed by atoms with Gasteiger partial charge in [0.1, 0.15) is 0 Å². The zero-order valence-electron chi connectivity index (χ0n) is 12.4. The Morgan fingerprint density at radius 2 is 2.24 bits per heavy atom. The number of hydrogen-bond donors (Lipinski definition) is 0. The average molecular weight is 308 g/mol. The number of rotatable bonds is 4. The van der Waals surface area contributed by atoms with Crippen molar-refractivity contribution < 1.29 is 13.2 Å². The van der Waals surface area contributed by atoms with Gasteiger partial charge in [-0.3, -0.25) is 0 Å². The number of hydrogen-bond acceptors (Lipinski definition) is 4. The van der Waals surface area contributed by atoms with E-state index in [1.807, 2.05) is 13.0 Å². The first-order valence-electron chi connectivity index (χ1n) is 7.11. The van der Waals surface area contributed by atoms with E-state index in [0.717, 1.165) is 12.8 Å². The normalized spacial score (nSPS) is 20.1. The Morgan fingerprint density at radius 3 is 2.90 bits per heavy atom. The van der Waals surface area contributed by atoms with E-state index in [-0.39, 0.29) is 11.0 Å². The Balaban J connectivity index is 2.31. The fourth-order valence-corrected chi connectivity index (χ4v) is 4.34. The number of sulfonamides is 1. The Bertz CT molecular complexity index is 647. The number of ether oxygens (including phenoxy) is 1. The summed E-state index contributed by atoms with van der Waals surface area (Å²) in [7, 11) is -3.57. The maximum absolute atomic E-state index is 12.8. The summed E-state index contributed by atoms with van der Waals surface area (Å²) in [6.07, 6.45) is 1.63.